The van der Waals surface area contributed by atoms with Crippen molar-refractivity contribution in [3.8, 4) is 0 Å². The summed E-state index contributed by atoms with van der Waals surface area (Å²) >= 11 is 0. The highest BCUT2D eigenvalue weighted by atomic mass is 19.1. The lowest BCUT2D eigenvalue weighted by Gasteiger charge is -2.31. The van der Waals surface area contributed by atoms with Gasteiger partial charge in [0.2, 0.25) is 0 Å². The first-order chi connectivity index (χ1) is 9.11. The molecule has 1 aromatic carbocycles. The van der Waals surface area contributed by atoms with Gasteiger partial charge in [-0.2, -0.15) is 0 Å². The maximum absolute atomic E-state index is 13.9. The average Bonchev–Trinajstić information content (AvgIpc) is 3.19. The number of halogens is 1. The molecule has 0 aromatic heterocycles. The van der Waals surface area contributed by atoms with Gasteiger partial charge in [0.05, 0.1) is 0 Å². The maximum atomic E-state index is 13.9. The molecule has 0 saturated heterocycles. The predicted molar refractivity (Wildman–Crippen MR) is 77.6 cm³/mol. The van der Waals surface area contributed by atoms with E-state index in [1.165, 1.54) is 12.8 Å². The summed E-state index contributed by atoms with van der Waals surface area (Å²) in [5.41, 5.74) is 0.770. The normalized spacial score (nSPS) is 17.2. The summed E-state index contributed by atoms with van der Waals surface area (Å²) < 4.78 is 13.9. The van der Waals surface area contributed by atoms with Crippen molar-refractivity contribution in [3.05, 3.63) is 35.6 Å². The van der Waals surface area contributed by atoms with Crippen molar-refractivity contribution in [1.82, 2.24) is 10.2 Å². The van der Waals surface area contributed by atoms with E-state index < -0.39 is 0 Å². The molecule has 0 radical (unpaired) electrons. The second-order valence-electron chi connectivity index (χ2n) is 5.85. The van der Waals surface area contributed by atoms with Gasteiger partial charge in [-0.15, -0.1) is 0 Å². The van der Waals surface area contributed by atoms with Gasteiger partial charge in [-0.25, -0.2) is 4.39 Å². The van der Waals surface area contributed by atoms with Gasteiger partial charge >= 0.3 is 0 Å². The number of likely N-dealkylation sites (N-methyl/N-ethyl adjacent to an activating group) is 1. The summed E-state index contributed by atoms with van der Waals surface area (Å²) in [6.07, 6.45) is 2.71. The first-order valence-electron chi connectivity index (χ1n) is 7.27. The zero-order chi connectivity index (χ0) is 13.8. The van der Waals surface area contributed by atoms with Gasteiger partial charge in [-0.3, -0.25) is 4.90 Å². The second kappa shape index (κ2) is 6.49. The van der Waals surface area contributed by atoms with Crippen LogP contribution in [0.15, 0.2) is 24.3 Å². The Labute approximate surface area is 116 Å². The average molecular weight is 264 g/mol. The lowest BCUT2D eigenvalue weighted by molar-refractivity contribution is 0.191. The van der Waals surface area contributed by atoms with Crippen molar-refractivity contribution in [3.63, 3.8) is 0 Å². The van der Waals surface area contributed by atoms with Crippen LogP contribution in [-0.2, 0) is 0 Å². The number of rotatable bonds is 7. The number of hydrogen-bond donors (Lipinski definition) is 1. The highest BCUT2D eigenvalue weighted by molar-refractivity contribution is 5.21. The molecule has 1 fully saturated rings. The quantitative estimate of drug-likeness (QED) is 0.813. The molecule has 1 aromatic rings. The van der Waals surface area contributed by atoms with E-state index in [1.807, 2.05) is 19.2 Å². The molecule has 19 heavy (non-hydrogen) atoms. The van der Waals surface area contributed by atoms with Crippen LogP contribution >= 0.6 is 0 Å². The Balaban J connectivity index is 2.05. The van der Waals surface area contributed by atoms with Crippen LogP contribution in [0, 0.1) is 11.7 Å². The second-order valence-corrected chi connectivity index (χ2v) is 5.85. The van der Waals surface area contributed by atoms with Crippen LogP contribution in [0.4, 0.5) is 4.39 Å². The monoisotopic (exact) mass is 264 g/mol. The Morgan fingerprint density at radius 1 is 1.32 bits per heavy atom. The molecule has 1 unspecified atom stereocenters. The molecule has 2 nitrogen and oxygen atoms in total. The summed E-state index contributed by atoms with van der Waals surface area (Å²) in [6.45, 7) is 6.45. The summed E-state index contributed by atoms with van der Waals surface area (Å²) in [5.74, 6) is 0.748. The standard InChI is InChI=1S/C16H25FN2/c1-12(2)19(10-13-8-9-13)11-16(18-3)14-6-4-5-7-15(14)17/h4-7,12-13,16,18H,8-11H2,1-3H3. The molecular weight excluding hydrogens is 239 g/mol. The molecule has 1 saturated carbocycles. The Hall–Kier alpha value is -0.930. The topological polar surface area (TPSA) is 15.3 Å². The van der Waals surface area contributed by atoms with Crippen molar-refractivity contribution in [1.29, 1.82) is 0 Å². The summed E-state index contributed by atoms with van der Waals surface area (Å²) in [7, 11) is 1.91. The van der Waals surface area contributed by atoms with Crippen LogP contribution < -0.4 is 5.32 Å². The van der Waals surface area contributed by atoms with Gasteiger partial charge in [-0.05, 0) is 45.7 Å². The molecule has 1 atom stereocenters. The van der Waals surface area contributed by atoms with E-state index in [0.717, 1.165) is 24.6 Å². The molecule has 1 aliphatic rings. The largest absolute Gasteiger partial charge is 0.312 e. The molecule has 1 N–H and O–H groups in total. The van der Waals surface area contributed by atoms with Crippen molar-refractivity contribution in [2.75, 3.05) is 20.1 Å². The van der Waals surface area contributed by atoms with E-state index in [4.69, 9.17) is 0 Å². The minimum atomic E-state index is -0.114. The fourth-order valence-electron chi connectivity index (χ4n) is 2.47. The third-order valence-electron chi connectivity index (χ3n) is 3.97. The molecule has 0 aliphatic heterocycles. The van der Waals surface area contributed by atoms with Gasteiger partial charge in [0.25, 0.3) is 0 Å². The SMILES string of the molecule is CNC(CN(CC1CC1)C(C)C)c1ccccc1F. The van der Waals surface area contributed by atoms with Crippen molar-refractivity contribution >= 4 is 0 Å². The van der Waals surface area contributed by atoms with Crippen molar-refractivity contribution < 1.29 is 4.39 Å². The molecule has 3 heteroatoms. The number of benzene rings is 1. The first kappa shape index (κ1) is 14.5. The Morgan fingerprint density at radius 2 is 2.00 bits per heavy atom. The lowest BCUT2D eigenvalue weighted by Crippen LogP contribution is -2.39. The molecule has 0 spiro atoms. The molecule has 1 aliphatic carbocycles. The predicted octanol–water partition coefficient (Wildman–Crippen LogP) is 3.21. The molecule has 106 valence electrons. The number of nitrogens with zero attached hydrogens (tertiary/aromatic N) is 1. The summed E-state index contributed by atoms with van der Waals surface area (Å²) in [6, 6.07) is 7.64. The molecule has 0 heterocycles. The number of nitrogens with one attached hydrogen (secondary N) is 1. The van der Waals surface area contributed by atoms with Crippen LogP contribution in [0.5, 0.6) is 0 Å². The maximum Gasteiger partial charge on any atom is 0.128 e. The van der Waals surface area contributed by atoms with Crippen molar-refractivity contribution in [2.24, 2.45) is 5.92 Å². The third-order valence-corrected chi connectivity index (χ3v) is 3.97. The lowest BCUT2D eigenvalue weighted by atomic mass is 10.0. The van der Waals surface area contributed by atoms with E-state index in [1.54, 1.807) is 12.1 Å². The minimum Gasteiger partial charge on any atom is -0.312 e. The van der Waals surface area contributed by atoms with E-state index in [0.29, 0.717) is 6.04 Å². The fraction of sp³-hybridized carbons (Fsp3) is 0.625. The van der Waals surface area contributed by atoms with Gasteiger partial charge < -0.3 is 5.32 Å². The summed E-state index contributed by atoms with van der Waals surface area (Å²) in [5, 5.41) is 3.26. The smallest absolute Gasteiger partial charge is 0.128 e. The third kappa shape index (κ3) is 4.02. The van der Waals surface area contributed by atoms with Gasteiger partial charge in [0, 0.05) is 30.7 Å². The van der Waals surface area contributed by atoms with Gasteiger partial charge in [0.15, 0.2) is 0 Å². The van der Waals surface area contributed by atoms with Crippen LogP contribution in [0.3, 0.4) is 0 Å². The zero-order valence-electron chi connectivity index (χ0n) is 12.2. The Bertz CT molecular complexity index is 401. The Kier molecular flexibility index (Phi) is 4.94. The van der Waals surface area contributed by atoms with Crippen LogP contribution in [0.2, 0.25) is 0 Å². The molecule has 0 amide bonds. The van der Waals surface area contributed by atoms with E-state index in [9.17, 15) is 4.39 Å². The van der Waals surface area contributed by atoms with Crippen molar-refractivity contribution in [2.45, 2.75) is 38.8 Å². The molecule has 0 bridgehead atoms. The van der Waals surface area contributed by atoms with E-state index in [2.05, 4.69) is 24.1 Å². The zero-order valence-corrected chi connectivity index (χ0v) is 12.2. The van der Waals surface area contributed by atoms with Crippen LogP contribution in [0.25, 0.3) is 0 Å². The van der Waals surface area contributed by atoms with Gasteiger partial charge in [-0.1, -0.05) is 18.2 Å². The number of hydrogen-bond acceptors (Lipinski definition) is 2. The van der Waals surface area contributed by atoms with Crippen LogP contribution in [0.1, 0.15) is 38.3 Å². The van der Waals surface area contributed by atoms with Crippen LogP contribution in [-0.4, -0.2) is 31.1 Å². The Morgan fingerprint density at radius 3 is 2.53 bits per heavy atom. The minimum absolute atomic E-state index is 0.0577. The fourth-order valence-corrected chi connectivity index (χ4v) is 2.47. The highest BCUT2D eigenvalue weighted by Crippen LogP contribution is 2.31. The van der Waals surface area contributed by atoms with E-state index >= 15 is 0 Å². The molecule has 2 rings (SSSR count). The highest BCUT2D eigenvalue weighted by Gasteiger charge is 2.27. The molecular formula is C16H25FN2. The first-order valence-corrected chi connectivity index (χ1v) is 7.27. The van der Waals surface area contributed by atoms with E-state index in [-0.39, 0.29) is 11.9 Å². The van der Waals surface area contributed by atoms with Gasteiger partial charge in [0.1, 0.15) is 5.82 Å². The summed E-state index contributed by atoms with van der Waals surface area (Å²) in [4.78, 5) is 2.46.